The summed E-state index contributed by atoms with van der Waals surface area (Å²) in [5.74, 6) is -0.417. The van der Waals surface area contributed by atoms with Crippen molar-refractivity contribution in [3.8, 4) is 16.9 Å². The van der Waals surface area contributed by atoms with Gasteiger partial charge in [-0.2, -0.15) is 0 Å². The number of carbonyl (C=O) groups excluding carboxylic acids is 2. The van der Waals surface area contributed by atoms with Crippen LogP contribution in [0.4, 0.5) is 0 Å². The molecule has 4 aromatic rings. The molecule has 3 nitrogen and oxygen atoms in total. The fourth-order valence-electron chi connectivity index (χ4n) is 4.13. The molecule has 0 aliphatic heterocycles. The molecule has 0 amide bonds. The highest BCUT2D eigenvalue weighted by Gasteiger charge is 2.33. The number of fused-ring (bicyclic) bond motifs is 1. The number of rotatable bonds is 3. The van der Waals surface area contributed by atoms with E-state index in [1.165, 1.54) is 0 Å². The molecule has 0 radical (unpaired) electrons. The van der Waals surface area contributed by atoms with Crippen LogP contribution in [0.2, 0.25) is 0 Å². The molecule has 1 aromatic heterocycles. The van der Waals surface area contributed by atoms with Crippen molar-refractivity contribution in [2.45, 2.75) is 6.92 Å². The lowest BCUT2D eigenvalue weighted by molar-refractivity contribution is 0.0990. The van der Waals surface area contributed by atoms with E-state index >= 15 is 0 Å². The molecular formula is C27H19NO2. The molecule has 1 aliphatic carbocycles. The Labute approximate surface area is 174 Å². The number of hydrogen-bond donors (Lipinski definition) is 0. The van der Waals surface area contributed by atoms with Gasteiger partial charge >= 0.3 is 0 Å². The standard InChI is InChI=1S/C27H19NO2/c1-18-16-20(17-24-26(29)22-14-8-9-15-23(22)27(24)30)25(19-10-4-2-5-11-19)28(18)21-12-6-3-7-13-21/h2-17H,1H3. The number of hydrogen-bond acceptors (Lipinski definition) is 2. The van der Waals surface area contributed by atoms with Crippen molar-refractivity contribution >= 4 is 17.6 Å². The van der Waals surface area contributed by atoms with Crippen molar-refractivity contribution in [1.29, 1.82) is 0 Å². The van der Waals surface area contributed by atoms with Crippen LogP contribution >= 0.6 is 0 Å². The first-order valence-electron chi connectivity index (χ1n) is 9.88. The Balaban J connectivity index is 1.74. The first-order valence-corrected chi connectivity index (χ1v) is 9.88. The van der Waals surface area contributed by atoms with Gasteiger partial charge in [-0.05, 0) is 36.8 Å². The highest BCUT2D eigenvalue weighted by atomic mass is 16.2. The molecule has 0 spiro atoms. The average Bonchev–Trinajstić information content (AvgIpc) is 3.24. The van der Waals surface area contributed by atoms with Gasteiger partial charge in [0.2, 0.25) is 0 Å². The smallest absolute Gasteiger partial charge is 0.197 e. The summed E-state index contributed by atoms with van der Waals surface area (Å²) >= 11 is 0. The number of Topliss-reactive ketones (excluding diaryl/α,β-unsaturated/α-hetero) is 2. The minimum absolute atomic E-state index is 0.209. The summed E-state index contributed by atoms with van der Waals surface area (Å²) in [7, 11) is 0. The molecule has 3 heteroatoms. The van der Waals surface area contributed by atoms with E-state index in [0.717, 1.165) is 28.2 Å². The van der Waals surface area contributed by atoms with E-state index in [1.807, 2.05) is 61.5 Å². The lowest BCUT2D eigenvalue weighted by Gasteiger charge is -2.13. The molecular weight excluding hydrogens is 370 g/mol. The first-order chi connectivity index (χ1) is 14.6. The summed E-state index contributed by atoms with van der Waals surface area (Å²) in [6.45, 7) is 2.04. The Kier molecular flexibility index (Phi) is 4.29. The van der Waals surface area contributed by atoms with Gasteiger partial charge in [-0.1, -0.05) is 72.8 Å². The molecule has 0 N–H and O–H groups in total. The van der Waals surface area contributed by atoms with Crippen LogP contribution in [0, 0.1) is 6.92 Å². The maximum absolute atomic E-state index is 12.9. The summed E-state index contributed by atoms with van der Waals surface area (Å²) in [4.78, 5) is 25.9. The molecule has 0 bridgehead atoms. The Morgan fingerprint density at radius 1 is 0.700 bits per heavy atom. The number of allylic oxidation sites excluding steroid dienone is 1. The maximum atomic E-state index is 12.9. The quantitative estimate of drug-likeness (QED) is 0.322. The summed E-state index contributed by atoms with van der Waals surface area (Å²) < 4.78 is 2.17. The molecule has 3 aromatic carbocycles. The predicted octanol–water partition coefficient (Wildman–Crippen LogP) is 5.92. The van der Waals surface area contributed by atoms with Crippen molar-refractivity contribution in [2.24, 2.45) is 0 Å². The SMILES string of the molecule is Cc1cc(C=C2C(=O)c3ccccc3C2=O)c(-c2ccccc2)n1-c1ccccc1. The van der Waals surface area contributed by atoms with Gasteiger partial charge in [0.05, 0.1) is 11.3 Å². The number of para-hydroxylation sites is 1. The molecule has 144 valence electrons. The molecule has 0 atom stereocenters. The van der Waals surface area contributed by atoms with E-state index in [4.69, 9.17) is 0 Å². The van der Waals surface area contributed by atoms with E-state index in [1.54, 1.807) is 30.3 Å². The molecule has 0 unspecified atom stereocenters. The minimum Gasteiger partial charge on any atom is -0.313 e. The average molecular weight is 389 g/mol. The lowest BCUT2D eigenvalue weighted by atomic mass is 10.0. The zero-order valence-corrected chi connectivity index (χ0v) is 16.5. The van der Waals surface area contributed by atoms with Crippen molar-refractivity contribution in [3.05, 3.63) is 119 Å². The van der Waals surface area contributed by atoms with Crippen LogP contribution in [-0.4, -0.2) is 16.1 Å². The third kappa shape index (κ3) is 2.83. The van der Waals surface area contributed by atoms with E-state index in [2.05, 4.69) is 16.7 Å². The highest BCUT2D eigenvalue weighted by molar-refractivity contribution is 6.41. The second-order valence-corrected chi connectivity index (χ2v) is 7.39. The Morgan fingerprint density at radius 3 is 1.83 bits per heavy atom. The summed E-state index contributed by atoms with van der Waals surface area (Å²) in [5, 5.41) is 0. The number of ketones is 2. The Morgan fingerprint density at radius 2 is 1.23 bits per heavy atom. The summed E-state index contributed by atoms with van der Waals surface area (Å²) in [6, 6.07) is 29.2. The largest absolute Gasteiger partial charge is 0.313 e. The minimum atomic E-state index is -0.209. The van der Waals surface area contributed by atoms with E-state index < -0.39 is 0 Å². The van der Waals surface area contributed by atoms with Crippen LogP contribution in [-0.2, 0) is 0 Å². The van der Waals surface area contributed by atoms with E-state index in [-0.39, 0.29) is 17.1 Å². The molecule has 30 heavy (non-hydrogen) atoms. The fourth-order valence-corrected chi connectivity index (χ4v) is 4.13. The second kappa shape index (κ2) is 7.12. The van der Waals surface area contributed by atoms with Crippen molar-refractivity contribution in [2.75, 3.05) is 0 Å². The number of carbonyl (C=O) groups is 2. The van der Waals surface area contributed by atoms with E-state index in [9.17, 15) is 9.59 Å². The topological polar surface area (TPSA) is 39.1 Å². The van der Waals surface area contributed by atoms with Crippen molar-refractivity contribution in [3.63, 3.8) is 0 Å². The maximum Gasteiger partial charge on any atom is 0.197 e. The van der Waals surface area contributed by atoms with Gasteiger partial charge in [0.25, 0.3) is 0 Å². The second-order valence-electron chi connectivity index (χ2n) is 7.39. The van der Waals surface area contributed by atoms with Crippen molar-refractivity contribution < 1.29 is 9.59 Å². The van der Waals surface area contributed by atoms with Crippen LogP contribution in [0.25, 0.3) is 23.0 Å². The highest BCUT2D eigenvalue weighted by Crippen LogP contribution is 2.34. The number of aromatic nitrogens is 1. The fraction of sp³-hybridized carbons (Fsp3) is 0.0370. The molecule has 0 saturated carbocycles. The van der Waals surface area contributed by atoms with Crippen LogP contribution in [0.5, 0.6) is 0 Å². The molecule has 1 heterocycles. The first kappa shape index (κ1) is 18.1. The van der Waals surface area contributed by atoms with Gasteiger partial charge in [0, 0.05) is 28.1 Å². The third-order valence-electron chi connectivity index (χ3n) is 5.48. The van der Waals surface area contributed by atoms with Crippen LogP contribution in [0.3, 0.4) is 0 Å². The van der Waals surface area contributed by atoms with Gasteiger partial charge in [0.1, 0.15) is 0 Å². The van der Waals surface area contributed by atoms with Gasteiger partial charge in [0.15, 0.2) is 11.6 Å². The third-order valence-corrected chi connectivity index (χ3v) is 5.48. The van der Waals surface area contributed by atoms with Gasteiger partial charge in [-0.25, -0.2) is 0 Å². The monoisotopic (exact) mass is 389 g/mol. The molecule has 0 saturated heterocycles. The molecule has 5 rings (SSSR count). The molecule has 1 aliphatic rings. The molecule has 0 fully saturated rings. The number of aryl methyl sites for hydroxylation is 1. The van der Waals surface area contributed by atoms with E-state index in [0.29, 0.717) is 11.1 Å². The van der Waals surface area contributed by atoms with Gasteiger partial charge in [-0.15, -0.1) is 0 Å². The number of nitrogens with zero attached hydrogens (tertiary/aromatic N) is 1. The Hall–Kier alpha value is -3.98. The van der Waals surface area contributed by atoms with Crippen molar-refractivity contribution in [1.82, 2.24) is 4.57 Å². The van der Waals surface area contributed by atoms with Gasteiger partial charge in [-0.3, -0.25) is 9.59 Å². The lowest BCUT2D eigenvalue weighted by Crippen LogP contribution is -2.01. The Bertz CT molecular complexity index is 1270. The van der Waals surface area contributed by atoms with Crippen LogP contribution in [0.15, 0.2) is 96.6 Å². The van der Waals surface area contributed by atoms with Gasteiger partial charge < -0.3 is 4.57 Å². The van der Waals surface area contributed by atoms with Crippen LogP contribution < -0.4 is 0 Å². The summed E-state index contributed by atoms with van der Waals surface area (Å²) in [5.41, 5.74) is 6.09. The predicted molar refractivity (Wildman–Crippen MR) is 119 cm³/mol. The normalized spacial score (nSPS) is 12.9. The zero-order valence-electron chi connectivity index (χ0n) is 16.5. The summed E-state index contributed by atoms with van der Waals surface area (Å²) in [6.07, 6.45) is 1.75. The van der Waals surface area contributed by atoms with Crippen LogP contribution in [0.1, 0.15) is 32.0 Å². The zero-order chi connectivity index (χ0) is 20.7. The number of benzene rings is 3.